The third-order valence-electron chi connectivity index (χ3n) is 1.37. The average Bonchev–Trinajstić information content (AvgIpc) is 2.18. The van der Waals surface area contributed by atoms with Crippen LogP contribution in [0.15, 0.2) is 17.6 Å². The molecule has 1 aromatic heterocycles. The summed E-state index contributed by atoms with van der Waals surface area (Å²) in [6.45, 7) is 0. The maximum atomic E-state index is 10.3. The summed E-state index contributed by atoms with van der Waals surface area (Å²) in [6.07, 6.45) is 2.19. The van der Waals surface area contributed by atoms with Crippen molar-refractivity contribution in [3.63, 3.8) is 0 Å². The Labute approximate surface area is 88.7 Å². The highest BCUT2D eigenvalue weighted by Crippen LogP contribution is 2.15. The van der Waals surface area contributed by atoms with Crippen molar-refractivity contribution < 1.29 is 14.8 Å². The van der Waals surface area contributed by atoms with Crippen LogP contribution in [0.1, 0.15) is 6.42 Å². The largest absolute Gasteiger partial charge is 0.481 e. The molecule has 0 saturated carbocycles. The Morgan fingerprint density at radius 2 is 2.13 bits per heavy atom. The summed E-state index contributed by atoms with van der Waals surface area (Å²) in [5.74, 6) is -0.558. The van der Waals surface area contributed by atoms with E-state index in [9.17, 15) is 14.9 Å². The number of carboxylic acids is 1. The van der Waals surface area contributed by atoms with Crippen LogP contribution in [0.3, 0.4) is 0 Å². The fourth-order valence-electron chi connectivity index (χ4n) is 0.708. The van der Waals surface area contributed by atoms with E-state index >= 15 is 0 Å². The minimum absolute atomic E-state index is 0.00497. The average molecular weight is 229 g/mol. The molecule has 0 aliphatic heterocycles. The molecule has 0 atom stereocenters. The Hall–Kier alpha value is -1.70. The van der Waals surface area contributed by atoms with Gasteiger partial charge in [0, 0.05) is 5.75 Å². The molecule has 7 nitrogen and oxygen atoms in total. The van der Waals surface area contributed by atoms with Crippen LogP contribution >= 0.6 is 11.8 Å². The van der Waals surface area contributed by atoms with E-state index < -0.39 is 10.9 Å². The van der Waals surface area contributed by atoms with E-state index in [1.807, 2.05) is 0 Å². The van der Waals surface area contributed by atoms with Gasteiger partial charge in [0.2, 0.25) is 0 Å². The van der Waals surface area contributed by atoms with Crippen molar-refractivity contribution >= 4 is 23.4 Å². The smallest absolute Gasteiger partial charge is 0.305 e. The van der Waals surface area contributed by atoms with Crippen LogP contribution in [0.2, 0.25) is 0 Å². The number of hydrogen-bond donors (Lipinski definition) is 1. The Morgan fingerprint density at radius 1 is 1.53 bits per heavy atom. The molecule has 0 fully saturated rings. The van der Waals surface area contributed by atoms with E-state index in [0.29, 0.717) is 10.9 Å². The van der Waals surface area contributed by atoms with Crippen molar-refractivity contribution in [3.8, 4) is 0 Å². The summed E-state index contributed by atoms with van der Waals surface area (Å²) in [7, 11) is 0. The van der Waals surface area contributed by atoms with E-state index in [4.69, 9.17) is 5.11 Å². The minimum Gasteiger partial charge on any atom is -0.481 e. The molecule has 0 aliphatic carbocycles. The molecule has 1 heterocycles. The fraction of sp³-hybridized carbons (Fsp3) is 0.286. The summed E-state index contributed by atoms with van der Waals surface area (Å²) in [5, 5.41) is 19.0. The van der Waals surface area contributed by atoms with E-state index in [0.717, 1.165) is 24.2 Å². The minimum atomic E-state index is -0.899. The molecule has 0 unspecified atom stereocenters. The first-order valence-corrected chi connectivity index (χ1v) is 4.89. The van der Waals surface area contributed by atoms with Crippen molar-refractivity contribution in [1.82, 2.24) is 9.97 Å². The molecule has 0 saturated heterocycles. The second kappa shape index (κ2) is 5.25. The van der Waals surface area contributed by atoms with E-state index in [2.05, 4.69) is 9.97 Å². The molecular weight excluding hydrogens is 222 g/mol. The van der Waals surface area contributed by atoms with Gasteiger partial charge in [0.05, 0.1) is 11.3 Å². The molecule has 8 heteroatoms. The molecule has 15 heavy (non-hydrogen) atoms. The van der Waals surface area contributed by atoms with Gasteiger partial charge in [-0.2, -0.15) is 0 Å². The number of rotatable bonds is 5. The first-order chi connectivity index (χ1) is 7.09. The number of nitrogens with zero attached hydrogens (tertiary/aromatic N) is 3. The molecule has 0 amide bonds. The first kappa shape index (κ1) is 11.4. The summed E-state index contributed by atoms with van der Waals surface area (Å²) < 4.78 is 0. The third-order valence-corrected chi connectivity index (χ3v) is 2.25. The lowest BCUT2D eigenvalue weighted by Crippen LogP contribution is -1.97. The number of nitro groups is 1. The van der Waals surface area contributed by atoms with Gasteiger partial charge in [0.1, 0.15) is 12.4 Å². The lowest BCUT2D eigenvalue weighted by Gasteiger charge is -1.96. The number of carbonyl (C=O) groups is 1. The van der Waals surface area contributed by atoms with Crippen LogP contribution in [0.5, 0.6) is 0 Å². The highest BCUT2D eigenvalue weighted by atomic mass is 32.2. The topological polar surface area (TPSA) is 106 Å². The maximum absolute atomic E-state index is 10.3. The summed E-state index contributed by atoms with van der Waals surface area (Å²) in [5.41, 5.74) is -0.183. The van der Waals surface area contributed by atoms with Gasteiger partial charge in [-0.05, 0) is 0 Å². The van der Waals surface area contributed by atoms with Crippen molar-refractivity contribution in [1.29, 1.82) is 0 Å². The zero-order valence-corrected chi connectivity index (χ0v) is 8.31. The second-order valence-electron chi connectivity index (χ2n) is 2.47. The monoisotopic (exact) mass is 229 g/mol. The van der Waals surface area contributed by atoms with Crippen LogP contribution in [-0.4, -0.2) is 31.7 Å². The summed E-state index contributed by atoms with van der Waals surface area (Å²) in [6, 6.07) is 0. The second-order valence-corrected chi connectivity index (χ2v) is 3.54. The van der Waals surface area contributed by atoms with E-state index in [-0.39, 0.29) is 12.1 Å². The van der Waals surface area contributed by atoms with Crippen molar-refractivity contribution in [3.05, 3.63) is 22.5 Å². The molecule has 0 aromatic carbocycles. The van der Waals surface area contributed by atoms with Crippen molar-refractivity contribution in [2.45, 2.75) is 11.6 Å². The Bertz CT molecular complexity index is 367. The van der Waals surface area contributed by atoms with Crippen LogP contribution < -0.4 is 0 Å². The van der Waals surface area contributed by atoms with Crippen molar-refractivity contribution in [2.75, 3.05) is 5.75 Å². The molecule has 0 bridgehead atoms. The molecule has 0 spiro atoms. The molecule has 0 radical (unpaired) electrons. The summed E-state index contributed by atoms with van der Waals surface area (Å²) in [4.78, 5) is 27.3. The predicted octanol–water partition coefficient (Wildman–Crippen LogP) is 0.952. The number of thioether (sulfide) groups is 1. The summed E-state index contributed by atoms with van der Waals surface area (Å²) >= 11 is 1.14. The van der Waals surface area contributed by atoms with Gasteiger partial charge in [-0.3, -0.25) is 14.9 Å². The first-order valence-electron chi connectivity index (χ1n) is 3.90. The van der Waals surface area contributed by atoms with Gasteiger partial charge < -0.3 is 5.11 Å². The predicted molar refractivity (Wildman–Crippen MR) is 51.7 cm³/mol. The Balaban J connectivity index is 2.50. The fourth-order valence-corrected chi connectivity index (χ4v) is 1.42. The standard InChI is InChI=1S/C7H7N3O4S/c11-6(12)1-2-15-7-8-3-5(4-9-7)10(13)14/h3-4H,1-2H2,(H,11,12). The third kappa shape index (κ3) is 3.90. The van der Waals surface area contributed by atoms with Gasteiger partial charge in [-0.15, -0.1) is 0 Å². The maximum Gasteiger partial charge on any atom is 0.305 e. The van der Waals surface area contributed by atoms with Crippen LogP contribution in [0.4, 0.5) is 5.69 Å². The van der Waals surface area contributed by atoms with E-state index in [1.54, 1.807) is 0 Å². The number of aromatic nitrogens is 2. The molecular formula is C7H7N3O4S. The molecule has 80 valence electrons. The molecule has 1 N–H and O–H groups in total. The van der Waals surface area contributed by atoms with E-state index in [1.165, 1.54) is 0 Å². The van der Waals surface area contributed by atoms with Crippen LogP contribution in [0.25, 0.3) is 0 Å². The quantitative estimate of drug-likeness (QED) is 0.346. The van der Waals surface area contributed by atoms with Crippen LogP contribution in [-0.2, 0) is 4.79 Å². The van der Waals surface area contributed by atoms with Gasteiger partial charge >= 0.3 is 11.7 Å². The van der Waals surface area contributed by atoms with Crippen molar-refractivity contribution in [2.24, 2.45) is 0 Å². The van der Waals surface area contributed by atoms with Gasteiger partial charge in [0.25, 0.3) is 0 Å². The van der Waals surface area contributed by atoms with Gasteiger partial charge in [-0.1, -0.05) is 11.8 Å². The molecule has 1 rings (SSSR count). The zero-order valence-electron chi connectivity index (χ0n) is 7.49. The lowest BCUT2D eigenvalue weighted by molar-refractivity contribution is -0.385. The number of carboxylic acid groups (broad SMARTS) is 1. The van der Waals surface area contributed by atoms with Gasteiger partial charge in [-0.25, -0.2) is 9.97 Å². The van der Waals surface area contributed by atoms with Gasteiger partial charge in [0.15, 0.2) is 5.16 Å². The molecule has 0 aliphatic rings. The number of aliphatic carboxylic acids is 1. The Morgan fingerprint density at radius 3 is 2.60 bits per heavy atom. The van der Waals surface area contributed by atoms with Crippen LogP contribution in [0, 0.1) is 10.1 Å². The Kier molecular flexibility index (Phi) is 3.98. The molecule has 1 aromatic rings. The SMILES string of the molecule is O=C(O)CCSc1ncc([N+](=O)[O-])cn1. The highest BCUT2D eigenvalue weighted by molar-refractivity contribution is 7.99. The normalized spacial score (nSPS) is 9.87. The lowest BCUT2D eigenvalue weighted by atomic mass is 10.5. The highest BCUT2D eigenvalue weighted by Gasteiger charge is 2.07. The zero-order chi connectivity index (χ0) is 11.3. The number of hydrogen-bond acceptors (Lipinski definition) is 6.